The second-order valence-electron chi connectivity index (χ2n) is 3.83. The van der Waals surface area contributed by atoms with Gasteiger partial charge in [0.25, 0.3) is 0 Å². The summed E-state index contributed by atoms with van der Waals surface area (Å²) in [5.74, 6) is 0.0214. The summed E-state index contributed by atoms with van der Waals surface area (Å²) >= 11 is 0. The van der Waals surface area contributed by atoms with Crippen molar-refractivity contribution in [3.05, 3.63) is 35.9 Å². The lowest BCUT2D eigenvalue weighted by Crippen LogP contribution is -2.08. The molecule has 1 aromatic heterocycles. The Labute approximate surface area is 109 Å². The van der Waals surface area contributed by atoms with Crippen LogP contribution in [0.15, 0.2) is 24.5 Å². The van der Waals surface area contributed by atoms with E-state index < -0.39 is 5.97 Å². The molecule has 7 heteroatoms. The Hall–Kier alpha value is -2.57. The van der Waals surface area contributed by atoms with E-state index in [-0.39, 0.29) is 17.9 Å². The van der Waals surface area contributed by atoms with Gasteiger partial charge in [0.2, 0.25) is 0 Å². The minimum atomic E-state index is -1.08. The van der Waals surface area contributed by atoms with Gasteiger partial charge in [-0.2, -0.15) is 5.10 Å². The largest absolute Gasteiger partial charge is 0.486 e. The zero-order valence-corrected chi connectivity index (χ0v) is 10.4. The number of benzene rings is 1. The summed E-state index contributed by atoms with van der Waals surface area (Å²) in [4.78, 5) is 15.0. The normalized spacial score (nSPS) is 10.4. The van der Waals surface area contributed by atoms with Gasteiger partial charge in [0.05, 0.1) is 5.56 Å². The Balaban J connectivity index is 2.12. The Kier molecular flexibility index (Phi) is 3.65. The van der Waals surface area contributed by atoms with Crippen LogP contribution in [0.5, 0.6) is 5.75 Å². The predicted octanol–water partition coefficient (Wildman–Crippen LogP) is 1.16. The third-order valence-corrected chi connectivity index (χ3v) is 2.62. The topological polar surface area (TPSA) is 103 Å². The molecular formula is C12H14N4O3. The van der Waals surface area contributed by atoms with Crippen molar-refractivity contribution in [2.45, 2.75) is 20.1 Å². The third kappa shape index (κ3) is 2.82. The maximum atomic E-state index is 10.9. The van der Waals surface area contributed by atoms with Crippen LogP contribution in [0.2, 0.25) is 0 Å². The standard InChI is InChI=1S/C12H14N4O3/c1-2-16-11(14-7-15-16)6-19-8-3-4-10(13)9(5-8)12(17)18/h3-5,7H,2,6,13H2,1H3,(H,17,18). The highest BCUT2D eigenvalue weighted by atomic mass is 16.5. The molecule has 7 nitrogen and oxygen atoms in total. The Bertz CT molecular complexity index is 594. The zero-order valence-electron chi connectivity index (χ0n) is 10.4. The van der Waals surface area contributed by atoms with Crippen LogP contribution in [0.3, 0.4) is 0 Å². The molecule has 0 unspecified atom stereocenters. The summed E-state index contributed by atoms with van der Waals surface area (Å²) in [7, 11) is 0. The third-order valence-electron chi connectivity index (χ3n) is 2.62. The summed E-state index contributed by atoms with van der Waals surface area (Å²) in [5.41, 5.74) is 5.79. The molecule has 0 bridgehead atoms. The van der Waals surface area contributed by atoms with Gasteiger partial charge in [0, 0.05) is 12.2 Å². The van der Waals surface area contributed by atoms with Gasteiger partial charge >= 0.3 is 5.97 Å². The van der Waals surface area contributed by atoms with Crippen LogP contribution in [0.4, 0.5) is 5.69 Å². The molecule has 1 heterocycles. The van der Waals surface area contributed by atoms with Crippen LogP contribution >= 0.6 is 0 Å². The van der Waals surface area contributed by atoms with Crippen LogP contribution in [0.1, 0.15) is 23.1 Å². The van der Waals surface area contributed by atoms with E-state index in [9.17, 15) is 4.79 Å². The molecule has 1 aromatic carbocycles. The average Bonchev–Trinajstić information content (AvgIpc) is 2.84. The molecule has 0 fully saturated rings. The predicted molar refractivity (Wildman–Crippen MR) is 67.8 cm³/mol. The van der Waals surface area contributed by atoms with Crippen LogP contribution < -0.4 is 10.5 Å². The highest BCUT2D eigenvalue weighted by Gasteiger charge is 2.10. The number of aromatic nitrogens is 3. The fourth-order valence-corrected chi connectivity index (χ4v) is 1.62. The van der Waals surface area contributed by atoms with E-state index in [2.05, 4.69) is 10.1 Å². The molecule has 2 aromatic rings. The molecule has 2 rings (SSSR count). The summed E-state index contributed by atoms with van der Waals surface area (Å²) in [6.45, 7) is 2.86. The first kappa shape index (κ1) is 12.9. The molecule has 3 N–H and O–H groups in total. The van der Waals surface area contributed by atoms with Gasteiger partial charge in [-0.15, -0.1) is 0 Å². The van der Waals surface area contributed by atoms with Gasteiger partial charge in [-0.05, 0) is 25.1 Å². The number of aromatic carboxylic acids is 1. The van der Waals surface area contributed by atoms with Gasteiger partial charge in [0.15, 0.2) is 5.82 Å². The van der Waals surface area contributed by atoms with Crippen molar-refractivity contribution in [3.8, 4) is 5.75 Å². The second-order valence-corrected chi connectivity index (χ2v) is 3.83. The molecule has 19 heavy (non-hydrogen) atoms. The molecule has 0 saturated heterocycles. The van der Waals surface area contributed by atoms with Crippen molar-refractivity contribution in [2.24, 2.45) is 0 Å². The van der Waals surface area contributed by atoms with E-state index in [0.717, 1.165) is 0 Å². The van der Waals surface area contributed by atoms with Crippen molar-refractivity contribution >= 4 is 11.7 Å². The fraction of sp³-hybridized carbons (Fsp3) is 0.250. The minimum absolute atomic E-state index is 0.0226. The van der Waals surface area contributed by atoms with Crippen molar-refractivity contribution < 1.29 is 14.6 Å². The first-order chi connectivity index (χ1) is 9.11. The lowest BCUT2D eigenvalue weighted by molar-refractivity contribution is 0.0697. The lowest BCUT2D eigenvalue weighted by atomic mass is 10.2. The number of carboxylic acids is 1. The maximum absolute atomic E-state index is 10.9. The number of carbonyl (C=O) groups is 1. The number of carboxylic acid groups (broad SMARTS) is 1. The van der Waals surface area contributed by atoms with Crippen LogP contribution in [-0.4, -0.2) is 25.8 Å². The second kappa shape index (κ2) is 5.38. The van der Waals surface area contributed by atoms with Crippen LogP contribution in [-0.2, 0) is 13.2 Å². The molecule has 0 spiro atoms. The van der Waals surface area contributed by atoms with Gasteiger partial charge in [0.1, 0.15) is 18.7 Å². The quantitative estimate of drug-likeness (QED) is 0.783. The van der Waals surface area contributed by atoms with Gasteiger partial charge in [-0.1, -0.05) is 0 Å². The highest BCUT2D eigenvalue weighted by Crippen LogP contribution is 2.20. The number of hydrogen-bond acceptors (Lipinski definition) is 5. The van der Waals surface area contributed by atoms with E-state index in [4.69, 9.17) is 15.6 Å². The Morgan fingerprint density at radius 1 is 1.53 bits per heavy atom. The SMILES string of the molecule is CCn1ncnc1COc1ccc(N)c(C(=O)O)c1. The number of rotatable bonds is 5. The van der Waals surface area contributed by atoms with E-state index in [1.54, 1.807) is 10.7 Å². The molecule has 0 aliphatic heterocycles. The van der Waals surface area contributed by atoms with Crippen molar-refractivity contribution in [3.63, 3.8) is 0 Å². The first-order valence-electron chi connectivity index (χ1n) is 5.74. The zero-order chi connectivity index (χ0) is 13.8. The summed E-state index contributed by atoms with van der Waals surface area (Å²) in [5, 5.41) is 13.0. The minimum Gasteiger partial charge on any atom is -0.486 e. The molecule has 0 atom stereocenters. The Morgan fingerprint density at radius 3 is 3.00 bits per heavy atom. The van der Waals surface area contributed by atoms with Gasteiger partial charge in [-0.3, -0.25) is 0 Å². The first-order valence-corrected chi connectivity index (χ1v) is 5.74. The number of hydrogen-bond donors (Lipinski definition) is 2. The fourth-order valence-electron chi connectivity index (χ4n) is 1.62. The van der Waals surface area contributed by atoms with Crippen LogP contribution in [0.25, 0.3) is 0 Å². The van der Waals surface area contributed by atoms with Crippen molar-refractivity contribution in [1.82, 2.24) is 14.8 Å². The number of ether oxygens (including phenoxy) is 1. The van der Waals surface area contributed by atoms with Crippen LogP contribution in [0, 0.1) is 0 Å². The Morgan fingerprint density at radius 2 is 2.32 bits per heavy atom. The average molecular weight is 262 g/mol. The monoisotopic (exact) mass is 262 g/mol. The summed E-state index contributed by atoms with van der Waals surface area (Å²) in [6, 6.07) is 4.52. The molecule has 0 saturated carbocycles. The lowest BCUT2D eigenvalue weighted by Gasteiger charge is -2.08. The maximum Gasteiger partial charge on any atom is 0.337 e. The van der Waals surface area contributed by atoms with Crippen molar-refractivity contribution in [1.29, 1.82) is 0 Å². The van der Waals surface area contributed by atoms with E-state index in [0.29, 0.717) is 18.1 Å². The molecule has 0 aliphatic rings. The van der Waals surface area contributed by atoms with E-state index in [1.807, 2.05) is 6.92 Å². The number of aryl methyl sites for hydroxylation is 1. The molecular weight excluding hydrogens is 248 g/mol. The van der Waals surface area contributed by atoms with Crippen molar-refractivity contribution in [2.75, 3.05) is 5.73 Å². The van der Waals surface area contributed by atoms with E-state index in [1.165, 1.54) is 18.5 Å². The molecule has 0 aliphatic carbocycles. The molecule has 100 valence electrons. The number of nitrogen functional groups attached to an aromatic ring is 1. The highest BCUT2D eigenvalue weighted by molar-refractivity contribution is 5.94. The number of nitrogens with zero attached hydrogens (tertiary/aromatic N) is 3. The van der Waals surface area contributed by atoms with Gasteiger partial charge < -0.3 is 15.6 Å². The van der Waals surface area contributed by atoms with E-state index >= 15 is 0 Å². The molecule has 0 amide bonds. The molecule has 0 radical (unpaired) electrons. The number of anilines is 1. The smallest absolute Gasteiger partial charge is 0.337 e. The summed E-state index contributed by atoms with van der Waals surface area (Å²) < 4.78 is 7.20. The summed E-state index contributed by atoms with van der Waals surface area (Å²) in [6.07, 6.45) is 1.45. The van der Waals surface area contributed by atoms with Gasteiger partial charge in [-0.25, -0.2) is 14.5 Å². The number of nitrogens with two attached hydrogens (primary N) is 1.